The average Bonchev–Trinajstić information content (AvgIpc) is 2.69. The highest BCUT2D eigenvalue weighted by atomic mass is 35.5. The number of aryl methyl sites for hydroxylation is 3. The van der Waals surface area contributed by atoms with Gasteiger partial charge in [-0.15, -0.1) is 0 Å². The summed E-state index contributed by atoms with van der Waals surface area (Å²) in [5.74, 6) is -0.434. The van der Waals surface area contributed by atoms with Gasteiger partial charge >= 0.3 is 0 Å². The lowest BCUT2D eigenvalue weighted by Gasteiger charge is -2.26. The van der Waals surface area contributed by atoms with E-state index in [9.17, 15) is 13.2 Å². The summed E-state index contributed by atoms with van der Waals surface area (Å²) in [6.07, 6.45) is 0. The van der Waals surface area contributed by atoms with Crippen molar-refractivity contribution < 1.29 is 13.2 Å². The third-order valence-electron chi connectivity index (χ3n) is 4.70. The molecular formula is C23H23ClN2O3S. The lowest BCUT2D eigenvalue weighted by molar-refractivity contribution is -0.114. The molecule has 156 valence electrons. The summed E-state index contributed by atoms with van der Waals surface area (Å²) in [6.45, 7) is 5.25. The van der Waals surface area contributed by atoms with Gasteiger partial charge in [-0.05, 0) is 68.3 Å². The number of rotatable bonds is 6. The van der Waals surface area contributed by atoms with Crippen molar-refractivity contribution in [2.24, 2.45) is 0 Å². The van der Waals surface area contributed by atoms with Crippen molar-refractivity contribution in [2.75, 3.05) is 16.2 Å². The highest BCUT2D eigenvalue weighted by Crippen LogP contribution is 2.29. The van der Waals surface area contributed by atoms with Gasteiger partial charge in [-0.2, -0.15) is 0 Å². The zero-order valence-electron chi connectivity index (χ0n) is 17.0. The SMILES string of the molecule is Cc1ccc(NC(=O)CN(c2ccc(Cl)cc2C)S(=O)(=O)c2ccccc2)c(C)c1. The summed E-state index contributed by atoms with van der Waals surface area (Å²) in [5.41, 5.74) is 3.69. The molecule has 3 aromatic carbocycles. The monoisotopic (exact) mass is 442 g/mol. The normalized spacial score (nSPS) is 11.2. The predicted octanol–water partition coefficient (Wildman–Crippen LogP) is 5.10. The van der Waals surface area contributed by atoms with E-state index in [0.29, 0.717) is 22.0 Å². The Hall–Kier alpha value is -2.83. The molecule has 3 aromatic rings. The number of amides is 1. The van der Waals surface area contributed by atoms with Gasteiger partial charge in [0.15, 0.2) is 0 Å². The Morgan fingerprint density at radius 2 is 1.63 bits per heavy atom. The lowest BCUT2D eigenvalue weighted by atomic mass is 10.1. The number of carbonyl (C=O) groups excluding carboxylic acids is 1. The molecule has 0 heterocycles. The smallest absolute Gasteiger partial charge is 0.264 e. The van der Waals surface area contributed by atoms with E-state index in [1.54, 1.807) is 43.3 Å². The second kappa shape index (κ2) is 8.90. The highest BCUT2D eigenvalue weighted by Gasteiger charge is 2.28. The minimum atomic E-state index is -3.96. The average molecular weight is 443 g/mol. The van der Waals surface area contributed by atoms with Crippen LogP contribution < -0.4 is 9.62 Å². The third-order valence-corrected chi connectivity index (χ3v) is 6.71. The maximum atomic E-state index is 13.4. The summed E-state index contributed by atoms with van der Waals surface area (Å²) < 4.78 is 27.9. The van der Waals surface area contributed by atoms with Crippen molar-refractivity contribution in [1.29, 1.82) is 0 Å². The minimum absolute atomic E-state index is 0.110. The molecule has 3 rings (SSSR count). The summed E-state index contributed by atoms with van der Waals surface area (Å²) >= 11 is 6.05. The van der Waals surface area contributed by atoms with Crippen molar-refractivity contribution in [2.45, 2.75) is 25.7 Å². The Bertz CT molecular complexity index is 1180. The van der Waals surface area contributed by atoms with Gasteiger partial charge in [0.05, 0.1) is 10.6 Å². The first-order valence-electron chi connectivity index (χ1n) is 9.39. The van der Waals surface area contributed by atoms with Crippen LogP contribution in [0.2, 0.25) is 5.02 Å². The Kier molecular flexibility index (Phi) is 6.48. The van der Waals surface area contributed by atoms with Crippen LogP contribution in [0.15, 0.2) is 71.6 Å². The van der Waals surface area contributed by atoms with Crippen LogP contribution >= 0.6 is 11.6 Å². The Morgan fingerprint density at radius 3 is 2.27 bits per heavy atom. The van der Waals surface area contributed by atoms with E-state index < -0.39 is 15.9 Å². The number of halogens is 1. The van der Waals surface area contributed by atoms with Gasteiger partial charge in [-0.1, -0.05) is 47.5 Å². The quantitative estimate of drug-likeness (QED) is 0.577. The number of nitrogens with one attached hydrogen (secondary N) is 1. The number of sulfonamides is 1. The van der Waals surface area contributed by atoms with E-state index in [0.717, 1.165) is 15.4 Å². The fourth-order valence-electron chi connectivity index (χ4n) is 3.19. The molecule has 0 saturated carbocycles. The zero-order chi connectivity index (χ0) is 21.9. The largest absolute Gasteiger partial charge is 0.324 e. The van der Waals surface area contributed by atoms with Crippen LogP contribution in [0.3, 0.4) is 0 Å². The molecule has 7 heteroatoms. The van der Waals surface area contributed by atoms with Crippen molar-refractivity contribution in [3.8, 4) is 0 Å². The van der Waals surface area contributed by atoms with E-state index in [-0.39, 0.29) is 11.4 Å². The van der Waals surface area contributed by atoms with Crippen LogP contribution in [0, 0.1) is 20.8 Å². The molecule has 0 aliphatic heterocycles. The lowest BCUT2D eigenvalue weighted by Crippen LogP contribution is -2.38. The number of benzene rings is 3. The Morgan fingerprint density at radius 1 is 0.933 bits per heavy atom. The summed E-state index contributed by atoms with van der Waals surface area (Å²) in [4.78, 5) is 13.0. The minimum Gasteiger partial charge on any atom is -0.324 e. The molecular weight excluding hydrogens is 420 g/mol. The second-order valence-corrected chi connectivity index (χ2v) is 9.42. The van der Waals surface area contributed by atoms with Crippen molar-refractivity contribution in [1.82, 2.24) is 0 Å². The molecule has 5 nitrogen and oxygen atoms in total. The molecule has 0 aliphatic carbocycles. The van der Waals surface area contributed by atoms with Gasteiger partial charge < -0.3 is 5.32 Å². The van der Waals surface area contributed by atoms with E-state index in [4.69, 9.17) is 11.6 Å². The fourth-order valence-corrected chi connectivity index (χ4v) is 4.93. The molecule has 0 unspecified atom stereocenters. The standard InChI is InChI=1S/C23H23ClN2O3S/c1-16-9-11-21(17(2)13-16)25-23(27)15-26(22-12-10-19(24)14-18(22)3)30(28,29)20-7-5-4-6-8-20/h4-14H,15H2,1-3H3,(H,25,27). The van der Waals surface area contributed by atoms with Crippen LogP contribution in [0.4, 0.5) is 11.4 Å². The van der Waals surface area contributed by atoms with Crippen LogP contribution in [0.5, 0.6) is 0 Å². The van der Waals surface area contributed by atoms with Gasteiger partial charge in [-0.3, -0.25) is 9.10 Å². The van der Waals surface area contributed by atoms with E-state index >= 15 is 0 Å². The van der Waals surface area contributed by atoms with Crippen molar-refractivity contribution in [3.63, 3.8) is 0 Å². The molecule has 30 heavy (non-hydrogen) atoms. The molecule has 0 radical (unpaired) electrons. The highest BCUT2D eigenvalue weighted by molar-refractivity contribution is 7.92. The number of carbonyl (C=O) groups is 1. The molecule has 0 spiro atoms. The second-order valence-electron chi connectivity index (χ2n) is 7.12. The van der Waals surface area contributed by atoms with E-state index in [1.165, 1.54) is 12.1 Å². The van der Waals surface area contributed by atoms with Crippen LogP contribution in [-0.2, 0) is 14.8 Å². The fraction of sp³-hybridized carbons (Fsp3) is 0.174. The Labute approximate surface area is 182 Å². The number of hydrogen-bond acceptors (Lipinski definition) is 3. The summed E-state index contributed by atoms with van der Waals surface area (Å²) in [5, 5.41) is 3.31. The molecule has 0 saturated heterocycles. The summed E-state index contributed by atoms with van der Waals surface area (Å²) in [6, 6.07) is 18.6. The predicted molar refractivity (Wildman–Crippen MR) is 122 cm³/mol. The first kappa shape index (κ1) is 21.9. The maximum Gasteiger partial charge on any atom is 0.264 e. The number of anilines is 2. The van der Waals surface area contributed by atoms with Crippen LogP contribution in [-0.4, -0.2) is 20.9 Å². The van der Waals surface area contributed by atoms with E-state index in [2.05, 4.69) is 5.32 Å². The molecule has 0 fully saturated rings. The maximum absolute atomic E-state index is 13.4. The molecule has 0 aromatic heterocycles. The van der Waals surface area contributed by atoms with Crippen molar-refractivity contribution >= 4 is 38.9 Å². The summed E-state index contributed by atoms with van der Waals surface area (Å²) in [7, 11) is -3.96. The zero-order valence-corrected chi connectivity index (χ0v) is 18.6. The third kappa shape index (κ3) is 4.83. The van der Waals surface area contributed by atoms with Gasteiger partial charge in [-0.25, -0.2) is 8.42 Å². The van der Waals surface area contributed by atoms with Crippen LogP contribution in [0.1, 0.15) is 16.7 Å². The van der Waals surface area contributed by atoms with Gasteiger partial charge in [0, 0.05) is 10.7 Å². The van der Waals surface area contributed by atoms with Gasteiger partial charge in [0.1, 0.15) is 6.54 Å². The first-order valence-corrected chi connectivity index (χ1v) is 11.2. The topological polar surface area (TPSA) is 66.5 Å². The molecule has 1 N–H and O–H groups in total. The van der Waals surface area contributed by atoms with Crippen LogP contribution in [0.25, 0.3) is 0 Å². The van der Waals surface area contributed by atoms with E-state index in [1.807, 2.05) is 32.0 Å². The Balaban J connectivity index is 1.98. The first-order chi connectivity index (χ1) is 14.2. The van der Waals surface area contributed by atoms with Gasteiger partial charge in [0.25, 0.3) is 10.0 Å². The number of hydrogen-bond donors (Lipinski definition) is 1. The molecule has 0 atom stereocenters. The van der Waals surface area contributed by atoms with Gasteiger partial charge in [0.2, 0.25) is 5.91 Å². The molecule has 0 bridgehead atoms. The molecule has 1 amide bonds. The van der Waals surface area contributed by atoms with Crippen molar-refractivity contribution in [3.05, 3.63) is 88.4 Å². The molecule has 0 aliphatic rings. The number of nitrogens with zero attached hydrogens (tertiary/aromatic N) is 1.